The van der Waals surface area contributed by atoms with Gasteiger partial charge in [0.15, 0.2) is 0 Å². The summed E-state index contributed by atoms with van der Waals surface area (Å²) in [6.45, 7) is 4.82. The van der Waals surface area contributed by atoms with E-state index in [2.05, 4.69) is 10.2 Å². The average molecular weight is 532 g/mol. The summed E-state index contributed by atoms with van der Waals surface area (Å²) in [5, 5.41) is 3.08. The van der Waals surface area contributed by atoms with Gasteiger partial charge < -0.3 is 19.9 Å². The van der Waals surface area contributed by atoms with Gasteiger partial charge in [-0.05, 0) is 48.4 Å². The van der Waals surface area contributed by atoms with Crippen LogP contribution in [0.15, 0.2) is 103 Å². The van der Waals surface area contributed by atoms with Crippen LogP contribution in [0.3, 0.4) is 0 Å². The highest BCUT2D eigenvalue weighted by atomic mass is 16.5. The Bertz CT molecular complexity index is 1450. The first-order valence-electron chi connectivity index (χ1n) is 14.0. The van der Waals surface area contributed by atoms with Crippen molar-refractivity contribution in [2.45, 2.75) is 25.2 Å². The van der Waals surface area contributed by atoms with Gasteiger partial charge >= 0.3 is 0 Å². The van der Waals surface area contributed by atoms with E-state index in [1.807, 2.05) is 115 Å². The standard InChI is InChI=1S/C34H33N3O3/c1-2-27(24-10-4-3-5-11-24)33(38)35-25-16-18-26(19-17-25)36-20-22-37(23-21-36)34(39)32-28-12-6-8-14-30(28)40-31-15-9-7-13-29(31)32/h3-19,27,32H,2,20-23H2,1H3,(H,35,38)/t27-/m1/s1. The number of ether oxygens (including phenoxy) is 1. The van der Waals surface area contributed by atoms with Gasteiger partial charge in [0.25, 0.3) is 0 Å². The molecule has 202 valence electrons. The number of nitrogens with one attached hydrogen (secondary N) is 1. The van der Waals surface area contributed by atoms with Crippen molar-refractivity contribution in [3.05, 3.63) is 120 Å². The van der Waals surface area contributed by atoms with Gasteiger partial charge in [0.05, 0.1) is 11.8 Å². The Balaban J connectivity index is 1.10. The Morgan fingerprint density at radius 3 is 1.95 bits per heavy atom. The number of amides is 2. The van der Waals surface area contributed by atoms with Crippen molar-refractivity contribution in [2.75, 3.05) is 36.4 Å². The van der Waals surface area contributed by atoms with Crippen molar-refractivity contribution in [1.29, 1.82) is 0 Å². The lowest BCUT2D eigenvalue weighted by Gasteiger charge is -2.38. The first-order chi connectivity index (χ1) is 19.6. The molecule has 2 aliphatic heterocycles. The highest BCUT2D eigenvalue weighted by Crippen LogP contribution is 2.44. The van der Waals surface area contributed by atoms with Crippen molar-refractivity contribution < 1.29 is 14.3 Å². The molecule has 1 fully saturated rings. The van der Waals surface area contributed by atoms with E-state index >= 15 is 0 Å². The molecule has 1 saturated heterocycles. The maximum Gasteiger partial charge on any atom is 0.234 e. The lowest BCUT2D eigenvalue weighted by Crippen LogP contribution is -2.50. The molecule has 4 aromatic rings. The number of nitrogens with zero attached hydrogens (tertiary/aromatic N) is 2. The zero-order chi connectivity index (χ0) is 27.5. The predicted molar refractivity (Wildman–Crippen MR) is 158 cm³/mol. The maximum atomic E-state index is 13.9. The Hall–Kier alpha value is -4.58. The van der Waals surface area contributed by atoms with E-state index < -0.39 is 0 Å². The Morgan fingerprint density at radius 2 is 1.35 bits per heavy atom. The fourth-order valence-corrected chi connectivity index (χ4v) is 5.79. The van der Waals surface area contributed by atoms with Crippen molar-refractivity contribution in [3.63, 3.8) is 0 Å². The number of carbonyl (C=O) groups is 2. The Morgan fingerprint density at radius 1 is 0.775 bits per heavy atom. The molecule has 0 bridgehead atoms. The second-order valence-electron chi connectivity index (χ2n) is 10.3. The number of rotatable bonds is 6. The number of anilines is 2. The molecule has 0 radical (unpaired) electrons. The van der Waals surface area contributed by atoms with Gasteiger partial charge in [-0.25, -0.2) is 0 Å². The van der Waals surface area contributed by atoms with E-state index in [4.69, 9.17) is 4.74 Å². The zero-order valence-electron chi connectivity index (χ0n) is 22.6. The molecule has 40 heavy (non-hydrogen) atoms. The fourth-order valence-electron chi connectivity index (χ4n) is 5.79. The molecule has 2 heterocycles. The average Bonchev–Trinajstić information content (AvgIpc) is 3.01. The molecule has 0 aliphatic carbocycles. The third-order valence-electron chi connectivity index (χ3n) is 7.94. The quantitative estimate of drug-likeness (QED) is 0.313. The summed E-state index contributed by atoms with van der Waals surface area (Å²) in [7, 11) is 0. The highest BCUT2D eigenvalue weighted by Gasteiger charge is 2.36. The van der Waals surface area contributed by atoms with Crippen LogP contribution in [0.2, 0.25) is 0 Å². The van der Waals surface area contributed by atoms with Gasteiger partial charge in [-0.1, -0.05) is 73.7 Å². The van der Waals surface area contributed by atoms with Crippen molar-refractivity contribution in [1.82, 2.24) is 4.90 Å². The van der Waals surface area contributed by atoms with Crippen LogP contribution in [0.4, 0.5) is 11.4 Å². The largest absolute Gasteiger partial charge is 0.457 e. The van der Waals surface area contributed by atoms with E-state index in [1.165, 1.54) is 0 Å². The lowest BCUT2D eigenvalue weighted by molar-refractivity contribution is -0.132. The molecule has 6 nitrogen and oxygen atoms in total. The van der Waals surface area contributed by atoms with Gasteiger partial charge in [-0.15, -0.1) is 0 Å². The maximum absolute atomic E-state index is 13.9. The van der Waals surface area contributed by atoms with Crippen molar-refractivity contribution in [3.8, 4) is 11.5 Å². The van der Waals surface area contributed by atoms with Crippen LogP contribution in [0.25, 0.3) is 0 Å². The molecule has 6 rings (SSSR count). The van der Waals surface area contributed by atoms with Gasteiger partial charge in [0.1, 0.15) is 11.5 Å². The number of hydrogen-bond donors (Lipinski definition) is 1. The first-order valence-corrected chi connectivity index (χ1v) is 14.0. The third kappa shape index (κ3) is 5.05. The second kappa shape index (κ2) is 11.3. The molecule has 6 heteroatoms. The van der Waals surface area contributed by atoms with Gasteiger partial charge in [-0.3, -0.25) is 9.59 Å². The Kier molecular flexibility index (Phi) is 7.23. The third-order valence-corrected chi connectivity index (χ3v) is 7.94. The zero-order valence-corrected chi connectivity index (χ0v) is 22.6. The SMILES string of the molecule is CC[C@@H](C(=O)Nc1ccc(N2CCN(C(=O)C3c4ccccc4Oc4ccccc43)CC2)cc1)c1ccccc1. The molecular formula is C34H33N3O3. The number of benzene rings is 4. The van der Waals surface area contributed by atoms with Crippen LogP contribution in [-0.2, 0) is 9.59 Å². The summed E-state index contributed by atoms with van der Waals surface area (Å²) in [5.41, 5.74) is 4.74. The van der Waals surface area contributed by atoms with Crippen LogP contribution >= 0.6 is 0 Å². The highest BCUT2D eigenvalue weighted by molar-refractivity contribution is 5.96. The molecule has 2 aliphatic rings. The van der Waals surface area contributed by atoms with E-state index in [0.29, 0.717) is 13.1 Å². The molecular weight excluding hydrogens is 498 g/mol. The van der Waals surface area contributed by atoms with Crippen LogP contribution in [0.1, 0.15) is 41.9 Å². The smallest absolute Gasteiger partial charge is 0.234 e. The minimum atomic E-state index is -0.363. The fraction of sp³-hybridized carbons (Fsp3) is 0.235. The summed E-state index contributed by atoms with van der Waals surface area (Å²) >= 11 is 0. The van der Waals surface area contributed by atoms with Gasteiger partial charge in [0, 0.05) is 48.7 Å². The summed E-state index contributed by atoms with van der Waals surface area (Å²) in [4.78, 5) is 31.1. The number of hydrogen-bond acceptors (Lipinski definition) is 4. The molecule has 2 amide bonds. The molecule has 4 aromatic carbocycles. The molecule has 0 saturated carbocycles. The number of fused-ring (bicyclic) bond motifs is 2. The van der Waals surface area contributed by atoms with Crippen LogP contribution < -0.4 is 15.0 Å². The molecule has 1 N–H and O–H groups in total. The van der Waals surface area contributed by atoms with E-state index in [9.17, 15) is 9.59 Å². The van der Waals surface area contributed by atoms with Crippen molar-refractivity contribution >= 4 is 23.2 Å². The summed E-state index contributed by atoms with van der Waals surface area (Å²) in [5.74, 6) is 1.08. The van der Waals surface area contributed by atoms with E-state index in [0.717, 1.165) is 59.1 Å². The number of carbonyl (C=O) groups excluding carboxylic acids is 2. The summed E-state index contributed by atoms with van der Waals surface area (Å²) < 4.78 is 6.09. The first kappa shape index (κ1) is 25.7. The van der Waals surface area contributed by atoms with Crippen LogP contribution in [0, 0.1) is 0 Å². The minimum absolute atomic E-state index is 0.00448. The van der Waals surface area contributed by atoms with E-state index in [-0.39, 0.29) is 23.7 Å². The topological polar surface area (TPSA) is 61.9 Å². The predicted octanol–water partition coefficient (Wildman–Crippen LogP) is 6.41. The minimum Gasteiger partial charge on any atom is -0.457 e. The number of piperazine rings is 1. The molecule has 0 unspecified atom stereocenters. The monoisotopic (exact) mass is 531 g/mol. The lowest BCUT2D eigenvalue weighted by atomic mass is 9.86. The molecule has 0 spiro atoms. The van der Waals surface area contributed by atoms with Crippen LogP contribution in [0.5, 0.6) is 11.5 Å². The molecule has 0 aromatic heterocycles. The normalized spacial score (nSPS) is 15.4. The number of para-hydroxylation sites is 2. The summed E-state index contributed by atoms with van der Waals surface area (Å²) in [6, 6.07) is 33.6. The van der Waals surface area contributed by atoms with Gasteiger partial charge in [-0.2, -0.15) is 0 Å². The van der Waals surface area contributed by atoms with Crippen LogP contribution in [-0.4, -0.2) is 42.9 Å². The van der Waals surface area contributed by atoms with E-state index in [1.54, 1.807) is 0 Å². The summed E-state index contributed by atoms with van der Waals surface area (Å²) in [6.07, 6.45) is 0.738. The second-order valence-corrected chi connectivity index (χ2v) is 10.3. The van der Waals surface area contributed by atoms with Crippen molar-refractivity contribution in [2.24, 2.45) is 0 Å². The Labute approximate surface area is 235 Å². The molecule has 1 atom stereocenters. The van der Waals surface area contributed by atoms with Gasteiger partial charge in [0.2, 0.25) is 11.8 Å².